The predicted octanol–water partition coefficient (Wildman–Crippen LogP) is -0.460. The van der Waals surface area contributed by atoms with Gasteiger partial charge in [-0.15, -0.1) is 0 Å². The predicted molar refractivity (Wildman–Crippen MR) is 72.7 cm³/mol. The Morgan fingerprint density at radius 3 is 2.48 bits per heavy atom. The molecule has 0 aliphatic carbocycles. The first-order chi connectivity index (χ1) is 9.94. The summed E-state index contributed by atoms with van der Waals surface area (Å²) >= 11 is 0. The number of carbonyl (C=O) groups excluding carboxylic acids is 2. The molecule has 2 unspecified atom stereocenters. The number of carbonyl (C=O) groups is 3. The fourth-order valence-corrected chi connectivity index (χ4v) is 2.61. The van der Waals surface area contributed by atoms with Crippen molar-refractivity contribution < 1.29 is 24.2 Å². The van der Waals surface area contributed by atoms with Crippen LogP contribution >= 0.6 is 0 Å². The monoisotopic (exact) mass is 299 g/mol. The van der Waals surface area contributed by atoms with Crippen molar-refractivity contribution in [2.75, 3.05) is 26.3 Å². The number of urea groups is 1. The maximum absolute atomic E-state index is 12.1. The van der Waals surface area contributed by atoms with Gasteiger partial charge in [0.05, 0.1) is 6.61 Å². The normalized spacial score (nSPS) is 26.4. The summed E-state index contributed by atoms with van der Waals surface area (Å²) in [6.07, 6.45) is 2.17. The number of amides is 3. The van der Waals surface area contributed by atoms with Gasteiger partial charge < -0.3 is 25.4 Å². The average molecular weight is 299 g/mol. The van der Waals surface area contributed by atoms with Crippen LogP contribution in [0.5, 0.6) is 0 Å². The number of nitrogens with one attached hydrogen (secondary N) is 2. The van der Waals surface area contributed by atoms with E-state index in [-0.39, 0.29) is 25.5 Å². The zero-order valence-corrected chi connectivity index (χ0v) is 12.1. The van der Waals surface area contributed by atoms with Crippen molar-refractivity contribution in [3.8, 4) is 0 Å². The maximum Gasteiger partial charge on any atom is 0.332 e. The molecule has 2 fully saturated rings. The van der Waals surface area contributed by atoms with Crippen molar-refractivity contribution >= 4 is 17.9 Å². The van der Waals surface area contributed by atoms with Gasteiger partial charge in [0.25, 0.3) is 0 Å². The topological polar surface area (TPSA) is 108 Å². The van der Waals surface area contributed by atoms with Crippen LogP contribution in [0.25, 0.3) is 0 Å². The Hall–Kier alpha value is -1.83. The van der Waals surface area contributed by atoms with Crippen LogP contribution in [-0.2, 0) is 14.3 Å². The van der Waals surface area contributed by atoms with Crippen LogP contribution in [0.15, 0.2) is 0 Å². The quantitative estimate of drug-likeness (QED) is 0.651. The Balaban J connectivity index is 1.88. The van der Waals surface area contributed by atoms with Crippen LogP contribution in [0.3, 0.4) is 0 Å². The maximum atomic E-state index is 12.1. The number of hydrogen-bond acceptors (Lipinski definition) is 4. The van der Waals surface area contributed by atoms with Crippen LogP contribution in [0, 0.1) is 0 Å². The minimum atomic E-state index is -1.40. The molecule has 118 valence electrons. The Labute approximate surface area is 122 Å². The van der Waals surface area contributed by atoms with E-state index in [2.05, 4.69) is 10.6 Å². The average Bonchev–Trinajstić information content (AvgIpc) is 3.08. The smallest absolute Gasteiger partial charge is 0.332 e. The minimum absolute atomic E-state index is 0.0653. The molecule has 2 heterocycles. The first-order valence-electron chi connectivity index (χ1n) is 7.13. The number of likely N-dealkylation sites (tertiary alicyclic amines) is 1. The lowest BCUT2D eigenvalue weighted by Crippen LogP contribution is -2.60. The number of nitrogens with zero attached hydrogens (tertiary/aromatic N) is 1. The van der Waals surface area contributed by atoms with E-state index in [0.29, 0.717) is 13.1 Å². The summed E-state index contributed by atoms with van der Waals surface area (Å²) in [7, 11) is 0. The van der Waals surface area contributed by atoms with Gasteiger partial charge in [-0.3, -0.25) is 4.79 Å². The summed E-state index contributed by atoms with van der Waals surface area (Å²) < 4.78 is 5.06. The van der Waals surface area contributed by atoms with E-state index < -0.39 is 23.6 Å². The summed E-state index contributed by atoms with van der Waals surface area (Å²) in [5.74, 6) is -1.27. The molecule has 8 nitrogen and oxygen atoms in total. The van der Waals surface area contributed by atoms with Gasteiger partial charge in [0.15, 0.2) is 5.54 Å². The van der Waals surface area contributed by atoms with E-state index in [1.54, 1.807) is 11.8 Å². The molecule has 0 bridgehead atoms. The van der Waals surface area contributed by atoms with Crippen molar-refractivity contribution in [3.63, 3.8) is 0 Å². The van der Waals surface area contributed by atoms with Gasteiger partial charge in [0.2, 0.25) is 5.91 Å². The molecule has 21 heavy (non-hydrogen) atoms. The summed E-state index contributed by atoms with van der Waals surface area (Å²) in [5, 5.41) is 14.2. The summed E-state index contributed by atoms with van der Waals surface area (Å²) in [5.41, 5.74) is -1.40. The summed E-state index contributed by atoms with van der Waals surface area (Å²) in [6.45, 7) is 3.23. The Morgan fingerprint density at radius 1 is 1.29 bits per heavy atom. The van der Waals surface area contributed by atoms with Crippen LogP contribution in [0.1, 0.15) is 26.2 Å². The lowest BCUT2D eigenvalue weighted by atomic mass is 9.99. The zero-order valence-electron chi connectivity index (χ0n) is 12.1. The summed E-state index contributed by atoms with van der Waals surface area (Å²) in [4.78, 5) is 37.0. The van der Waals surface area contributed by atoms with Gasteiger partial charge in [0.1, 0.15) is 6.04 Å². The van der Waals surface area contributed by atoms with Crippen LogP contribution in [0.4, 0.5) is 4.79 Å². The second-order valence-electron chi connectivity index (χ2n) is 5.54. The fraction of sp³-hybridized carbons (Fsp3) is 0.769. The van der Waals surface area contributed by atoms with Crippen LogP contribution < -0.4 is 10.6 Å². The van der Waals surface area contributed by atoms with Crippen molar-refractivity contribution in [1.82, 2.24) is 15.5 Å². The van der Waals surface area contributed by atoms with Crippen molar-refractivity contribution in [3.05, 3.63) is 0 Å². The van der Waals surface area contributed by atoms with E-state index in [0.717, 1.165) is 12.8 Å². The number of carboxylic acids is 1. The zero-order chi connectivity index (χ0) is 15.5. The molecule has 2 aliphatic rings. The third-order valence-corrected chi connectivity index (χ3v) is 3.92. The molecule has 3 amide bonds. The van der Waals surface area contributed by atoms with E-state index in [9.17, 15) is 19.5 Å². The molecular weight excluding hydrogens is 278 g/mol. The highest BCUT2D eigenvalue weighted by Gasteiger charge is 2.44. The van der Waals surface area contributed by atoms with Crippen LogP contribution in [-0.4, -0.2) is 65.8 Å². The molecular formula is C13H21N3O5. The molecule has 2 aliphatic heterocycles. The largest absolute Gasteiger partial charge is 0.479 e. The molecule has 2 atom stereocenters. The molecule has 0 aromatic rings. The molecule has 0 spiro atoms. The first kappa shape index (κ1) is 15.6. The van der Waals surface area contributed by atoms with Crippen molar-refractivity contribution in [2.24, 2.45) is 0 Å². The van der Waals surface area contributed by atoms with E-state index >= 15 is 0 Å². The molecule has 8 heteroatoms. The number of carboxylic acid groups (broad SMARTS) is 1. The number of aliphatic carboxylic acids is 1. The molecule has 2 rings (SSSR count). The number of ether oxygens (including phenoxy) is 1. The number of hydrogen-bond donors (Lipinski definition) is 3. The van der Waals surface area contributed by atoms with Gasteiger partial charge in [-0.1, -0.05) is 0 Å². The van der Waals surface area contributed by atoms with Gasteiger partial charge >= 0.3 is 12.0 Å². The van der Waals surface area contributed by atoms with Gasteiger partial charge in [-0.25, -0.2) is 9.59 Å². The second-order valence-corrected chi connectivity index (χ2v) is 5.54. The molecule has 2 saturated heterocycles. The molecule has 0 aromatic heterocycles. The fourth-order valence-electron chi connectivity index (χ4n) is 2.61. The van der Waals surface area contributed by atoms with E-state index in [4.69, 9.17) is 4.74 Å². The molecule has 0 saturated carbocycles. The lowest BCUT2D eigenvalue weighted by molar-refractivity contribution is -0.144. The Bertz CT molecular complexity index is 428. The van der Waals surface area contributed by atoms with Gasteiger partial charge in [-0.2, -0.15) is 0 Å². The van der Waals surface area contributed by atoms with Crippen molar-refractivity contribution in [1.29, 1.82) is 0 Å². The summed E-state index contributed by atoms with van der Waals surface area (Å²) in [6, 6.07) is -1.35. The molecule has 0 radical (unpaired) electrons. The Kier molecular flexibility index (Phi) is 4.66. The van der Waals surface area contributed by atoms with E-state index in [1.165, 1.54) is 0 Å². The lowest BCUT2D eigenvalue weighted by Gasteiger charge is -2.26. The second kappa shape index (κ2) is 6.30. The SMILES string of the molecule is CC(NC(=O)NC1(C(=O)O)CCOC1)C(=O)N1CCCC1. The Morgan fingerprint density at radius 2 is 1.95 bits per heavy atom. The highest BCUT2D eigenvalue weighted by Crippen LogP contribution is 2.18. The third-order valence-electron chi connectivity index (χ3n) is 3.92. The van der Waals surface area contributed by atoms with Gasteiger partial charge in [-0.05, 0) is 19.8 Å². The standard InChI is InChI=1S/C13H21N3O5/c1-9(10(17)16-5-2-3-6-16)14-12(20)15-13(11(18)19)4-7-21-8-13/h9H,2-8H2,1H3,(H,18,19)(H2,14,15,20). The molecule has 0 aromatic carbocycles. The third kappa shape index (κ3) is 3.44. The molecule has 3 N–H and O–H groups in total. The highest BCUT2D eigenvalue weighted by atomic mass is 16.5. The number of rotatable bonds is 4. The van der Waals surface area contributed by atoms with Crippen LogP contribution in [0.2, 0.25) is 0 Å². The highest BCUT2D eigenvalue weighted by molar-refractivity contribution is 5.90. The first-order valence-corrected chi connectivity index (χ1v) is 7.13. The minimum Gasteiger partial charge on any atom is -0.479 e. The van der Waals surface area contributed by atoms with Gasteiger partial charge in [0, 0.05) is 26.1 Å². The van der Waals surface area contributed by atoms with E-state index in [1.807, 2.05) is 0 Å². The van der Waals surface area contributed by atoms with Crippen molar-refractivity contribution in [2.45, 2.75) is 37.8 Å².